The van der Waals surface area contributed by atoms with E-state index >= 15 is 0 Å². The predicted molar refractivity (Wildman–Crippen MR) is 121 cm³/mol. The molecule has 0 fully saturated rings. The third kappa shape index (κ3) is 7.97. The number of aryl methyl sites for hydroxylation is 1. The van der Waals surface area contributed by atoms with E-state index in [0.29, 0.717) is 19.6 Å². The van der Waals surface area contributed by atoms with Crippen LogP contribution >= 0.6 is 0 Å². The molecule has 0 aromatic heterocycles. The molecule has 0 bridgehead atoms. The normalized spacial score (nSPS) is 12.5. The molecule has 7 nitrogen and oxygen atoms in total. The Morgan fingerprint density at radius 2 is 1.81 bits per heavy atom. The molecule has 0 aliphatic heterocycles. The summed E-state index contributed by atoms with van der Waals surface area (Å²) in [6.45, 7) is 6.61. The number of rotatable bonds is 12. The molecule has 2 aromatic carbocycles. The molecule has 1 amide bonds. The minimum atomic E-state index is -4.00. The van der Waals surface area contributed by atoms with E-state index in [-0.39, 0.29) is 29.1 Å². The number of sulfonamides is 1. The Hall–Kier alpha value is -2.42. The molecule has 2 rings (SSSR count). The van der Waals surface area contributed by atoms with E-state index in [1.54, 1.807) is 19.1 Å². The van der Waals surface area contributed by atoms with Gasteiger partial charge in [0.05, 0.1) is 13.2 Å². The van der Waals surface area contributed by atoms with Gasteiger partial charge in [-0.3, -0.25) is 4.79 Å². The summed E-state index contributed by atoms with van der Waals surface area (Å²) >= 11 is 0. The molecule has 0 saturated carbocycles. The van der Waals surface area contributed by atoms with Crippen LogP contribution in [0.2, 0.25) is 0 Å². The highest BCUT2D eigenvalue weighted by Crippen LogP contribution is 2.25. The van der Waals surface area contributed by atoms with Crippen molar-refractivity contribution >= 4 is 15.9 Å². The molecule has 1 atom stereocenters. The minimum Gasteiger partial charge on any atom is -0.495 e. The summed E-state index contributed by atoms with van der Waals surface area (Å²) in [6.07, 6.45) is 0.987. The maximum atomic E-state index is 13.1. The molecule has 0 aliphatic carbocycles. The maximum Gasteiger partial charge on any atom is 0.244 e. The molecule has 0 heterocycles. The van der Waals surface area contributed by atoms with Crippen LogP contribution in [0.3, 0.4) is 0 Å². The number of benzene rings is 2. The van der Waals surface area contributed by atoms with E-state index in [9.17, 15) is 13.2 Å². The lowest BCUT2D eigenvalue weighted by Gasteiger charge is -2.20. The molecule has 31 heavy (non-hydrogen) atoms. The minimum absolute atomic E-state index is 0.00574. The first-order valence-electron chi connectivity index (χ1n) is 10.3. The lowest BCUT2D eigenvalue weighted by Crippen LogP contribution is -2.48. The highest BCUT2D eigenvalue weighted by atomic mass is 32.2. The average molecular weight is 449 g/mol. The van der Waals surface area contributed by atoms with Crippen LogP contribution in [0.25, 0.3) is 0 Å². The predicted octanol–water partition coefficient (Wildman–Crippen LogP) is 2.82. The zero-order chi connectivity index (χ0) is 22.9. The smallest absolute Gasteiger partial charge is 0.244 e. The van der Waals surface area contributed by atoms with E-state index in [0.717, 1.165) is 11.1 Å². The Bertz CT molecular complexity index is 946. The van der Waals surface area contributed by atoms with Crippen molar-refractivity contribution in [3.63, 3.8) is 0 Å². The van der Waals surface area contributed by atoms with Gasteiger partial charge in [0.15, 0.2) is 0 Å². The first kappa shape index (κ1) is 24.8. The highest BCUT2D eigenvalue weighted by Gasteiger charge is 2.28. The van der Waals surface area contributed by atoms with Crippen LogP contribution in [0.5, 0.6) is 5.75 Å². The van der Waals surface area contributed by atoms with Gasteiger partial charge in [0, 0.05) is 13.2 Å². The second-order valence-electron chi connectivity index (χ2n) is 7.58. The summed E-state index contributed by atoms with van der Waals surface area (Å²) in [5.74, 6) is -0.161. The summed E-state index contributed by atoms with van der Waals surface area (Å²) < 4.78 is 39.5. The van der Waals surface area contributed by atoms with Gasteiger partial charge in [-0.25, -0.2) is 8.42 Å². The number of carbonyl (C=O) groups excluding carboxylic acids is 1. The SMILES string of the molecule is COc1ccc(C)cc1S(=O)(=O)N[C@@H](Cc1ccccc1)C(=O)NCCCOC(C)C. The van der Waals surface area contributed by atoms with Gasteiger partial charge < -0.3 is 14.8 Å². The molecular formula is C23H32N2O5S. The highest BCUT2D eigenvalue weighted by molar-refractivity contribution is 7.89. The fourth-order valence-corrected chi connectivity index (χ4v) is 4.46. The van der Waals surface area contributed by atoms with Crippen LogP contribution in [-0.2, 0) is 26.0 Å². The van der Waals surface area contributed by atoms with Gasteiger partial charge in [-0.15, -0.1) is 0 Å². The molecule has 2 aromatic rings. The quantitative estimate of drug-likeness (QED) is 0.487. The number of hydrogen-bond donors (Lipinski definition) is 2. The van der Waals surface area contributed by atoms with Crippen LogP contribution in [0.15, 0.2) is 53.4 Å². The molecule has 0 aliphatic rings. The summed E-state index contributed by atoms with van der Waals surface area (Å²) in [7, 11) is -2.58. The summed E-state index contributed by atoms with van der Waals surface area (Å²) in [5, 5.41) is 2.81. The van der Waals surface area contributed by atoms with Crippen molar-refractivity contribution in [1.29, 1.82) is 0 Å². The monoisotopic (exact) mass is 448 g/mol. The number of ether oxygens (including phenoxy) is 2. The fraction of sp³-hybridized carbons (Fsp3) is 0.435. The Morgan fingerprint density at radius 3 is 2.45 bits per heavy atom. The lowest BCUT2D eigenvalue weighted by molar-refractivity contribution is -0.122. The molecule has 170 valence electrons. The van der Waals surface area contributed by atoms with Crippen molar-refractivity contribution in [3.05, 3.63) is 59.7 Å². The third-order valence-electron chi connectivity index (χ3n) is 4.58. The summed E-state index contributed by atoms with van der Waals surface area (Å²) in [6, 6.07) is 13.2. The summed E-state index contributed by atoms with van der Waals surface area (Å²) in [5.41, 5.74) is 1.63. The van der Waals surface area contributed by atoms with E-state index in [1.807, 2.05) is 44.2 Å². The lowest BCUT2D eigenvalue weighted by atomic mass is 10.1. The van der Waals surface area contributed by atoms with Gasteiger partial charge in [0.25, 0.3) is 0 Å². The molecule has 0 unspecified atom stereocenters. The van der Waals surface area contributed by atoms with E-state index in [4.69, 9.17) is 9.47 Å². The van der Waals surface area contributed by atoms with Crippen molar-refractivity contribution in [2.75, 3.05) is 20.3 Å². The third-order valence-corrected chi connectivity index (χ3v) is 6.07. The first-order valence-corrected chi connectivity index (χ1v) is 11.8. The van der Waals surface area contributed by atoms with E-state index < -0.39 is 16.1 Å². The zero-order valence-electron chi connectivity index (χ0n) is 18.6. The first-order chi connectivity index (χ1) is 14.7. The van der Waals surface area contributed by atoms with Gasteiger partial charge >= 0.3 is 0 Å². The van der Waals surface area contributed by atoms with Crippen molar-refractivity contribution in [2.45, 2.75) is 50.7 Å². The zero-order valence-corrected chi connectivity index (χ0v) is 19.4. The molecule has 2 N–H and O–H groups in total. The number of amides is 1. The Labute approximate surface area is 185 Å². The van der Waals surface area contributed by atoms with Gasteiger partial charge in [0.1, 0.15) is 16.7 Å². The number of nitrogens with one attached hydrogen (secondary N) is 2. The molecule has 0 radical (unpaired) electrons. The second-order valence-corrected chi connectivity index (χ2v) is 9.26. The topological polar surface area (TPSA) is 93.7 Å². The Kier molecular flexibility index (Phi) is 9.48. The van der Waals surface area contributed by atoms with Crippen molar-refractivity contribution in [1.82, 2.24) is 10.0 Å². The number of hydrogen-bond acceptors (Lipinski definition) is 5. The van der Waals surface area contributed by atoms with Crippen LogP contribution < -0.4 is 14.8 Å². The Morgan fingerprint density at radius 1 is 1.10 bits per heavy atom. The Balaban J connectivity index is 2.18. The van der Waals surface area contributed by atoms with Gasteiger partial charge in [-0.2, -0.15) is 4.72 Å². The molecule has 8 heteroatoms. The largest absolute Gasteiger partial charge is 0.495 e. The number of methoxy groups -OCH3 is 1. The molecular weight excluding hydrogens is 416 g/mol. The van der Waals surface area contributed by atoms with E-state index in [2.05, 4.69) is 10.0 Å². The van der Waals surface area contributed by atoms with Crippen LogP contribution in [0.4, 0.5) is 0 Å². The van der Waals surface area contributed by atoms with Crippen LogP contribution in [-0.4, -0.2) is 46.7 Å². The molecule has 0 spiro atoms. The fourth-order valence-electron chi connectivity index (χ4n) is 3.01. The van der Waals surface area contributed by atoms with Crippen molar-refractivity contribution in [2.24, 2.45) is 0 Å². The van der Waals surface area contributed by atoms with Crippen LogP contribution in [0.1, 0.15) is 31.4 Å². The van der Waals surface area contributed by atoms with E-state index in [1.165, 1.54) is 13.2 Å². The number of carbonyl (C=O) groups is 1. The van der Waals surface area contributed by atoms with Gasteiger partial charge in [-0.1, -0.05) is 36.4 Å². The van der Waals surface area contributed by atoms with Gasteiger partial charge in [0.2, 0.25) is 15.9 Å². The molecule has 0 saturated heterocycles. The second kappa shape index (κ2) is 11.8. The standard InChI is InChI=1S/C23H32N2O5S/c1-17(2)30-14-8-13-24-23(26)20(16-19-9-6-5-7-10-19)25-31(27,28)22-15-18(3)11-12-21(22)29-4/h5-7,9-12,15,17,20,25H,8,13-14,16H2,1-4H3,(H,24,26)/t20-/m0/s1. The maximum absolute atomic E-state index is 13.1. The van der Waals surface area contributed by atoms with Crippen molar-refractivity contribution < 1.29 is 22.7 Å². The van der Waals surface area contributed by atoms with Crippen molar-refractivity contribution in [3.8, 4) is 5.75 Å². The van der Waals surface area contributed by atoms with Gasteiger partial charge in [-0.05, 0) is 56.9 Å². The van der Waals surface area contributed by atoms with Crippen LogP contribution in [0, 0.1) is 6.92 Å². The summed E-state index contributed by atoms with van der Waals surface area (Å²) in [4.78, 5) is 12.9. The average Bonchev–Trinajstić information content (AvgIpc) is 2.73.